The van der Waals surface area contributed by atoms with Gasteiger partial charge in [-0.3, -0.25) is 4.90 Å². The molecule has 0 radical (unpaired) electrons. The van der Waals surface area contributed by atoms with Crippen molar-refractivity contribution >= 4 is 11.8 Å². The summed E-state index contributed by atoms with van der Waals surface area (Å²) >= 11 is 2.16. The number of rotatable bonds is 3. The lowest BCUT2D eigenvalue weighted by molar-refractivity contribution is 0.0416. The van der Waals surface area contributed by atoms with E-state index < -0.39 is 0 Å². The molecule has 17 heavy (non-hydrogen) atoms. The molecule has 0 aromatic carbocycles. The molecule has 3 unspecified atom stereocenters. The maximum atomic E-state index is 6.17. The summed E-state index contributed by atoms with van der Waals surface area (Å²) in [5.74, 6) is 2.16. The second-order valence-corrected chi connectivity index (χ2v) is 7.39. The van der Waals surface area contributed by atoms with Crippen LogP contribution in [0.15, 0.2) is 0 Å². The van der Waals surface area contributed by atoms with Gasteiger partial charge in [-0.2, -0.15) is 11.8 Å². The van der Waals surface area contributed by atoms with Crippen molar-refractivity contribution in [1.82, 2.24) is 4.90 Å². The zero-order valence-electron chi connectivity index (χ0n) is 11.5. The molecule has 0 amide bonds. The maximum absolute atomic E-state index is 6.17. The summed E-state index contributed by atoms with van der Waals surface area (Å²) in [6, 6.07) is 0. The van der Waals surface area contributed by atoms with Crippen molar-refractivity contribution in [3.8, 4) is 0 Å². The van der Waals surface area contributed by atoms with Crippen LogP contribution in [0, 0.1) is 5.92 Å². The summed E-state index contributed by atoms with van der Waals surface area (Å²) < 4.78 is 0. The Morgan fingerprint density at radius 2 is 2.29 bits per heavy atom. The van der Waals surface area contributed by atoms with Gasteiger partial charge in [0.1, 0.15) is 0 Å². The number of hydrogen-bond donors (Lipinski definition) is 1. The quantitative estimate of drug-likeness (QED) is 0.842. The predicted octanol–water partition coefficient (Wildman–Crippen LogP) is 2.72. The molecule has 0 aromatic rings. The molecule has 0 bridgehead atoms. The van der Waals surface area contributed by atoms with Gasteiger partial charge in [-0.15, -0.1) is 0 Å². The third kappa shape index (κ3) is 2.99. The molecule has 3 atom stereocenters. The van der Waals surface area contributed by atoms with Gasteiger partial charge in [-0.1, -0.05) is 26.7 Å². The van der Waals surface area contributed by atoms with Crippen molar-refractivity contribution in [2.75, 3.05) is 25.4 Å². The lowest BCUT2D eigenvalue weighted by Gasteiger charge is -2.50. The summed E-state index contributed by atoms with van der Waals surface area (Å²) in [6.45, 7) is 8.11. The summed E-state index contributed by atoms with van der Waals surface area (Å²) in [7, 11) is 0. The van der Waals surface area contributed by atoms with E-state index >= 15 is 0 Å². The van der Waals surface area contributed by atoms with Crippen molar-refractivity contribution < 1.29 is 0 Å². The molecule has 1 saturated carbocycles. The highest BCUT2D eigenvalue weighted by molar-refractivity contribution is 8.00. The van der Waals surface area contributed by atoms with Crippen molar-refractivity contribution in [2.24, 2.45) is 11.7 Å². The van der Waals surface area contributed by atoms with Crippen LogP contribution in [-0.2, 0) is 0 Å². The second-order valence-electron chi connectivity index (χ2n) is 5.98. The molecule has 2 rings (SSSR count). The maximum Gasteiger partial charge on any atom is 0.0335 e. The highest BCUT2D eigenvalue weighted by atomic mass is 32.2. The zero-order valence-corrected chi connectivity index (χ0v) is 12.3. The van der Waals surface area contributed by atoms with Crippen LogP contribution < -0.4 is 5.73 Å². The van der Waals surface area contributed by atoms with E-state index in [4.69, 9.17) is 5.73 Å². The fraction of sp³-hybridized carbons (Fsp3) is 1.00. The Balaban J connectivity index is 2.05. The molecule has 0 aromatic heterocycles. The average molecular weight is 256 g/mol. The first kappa shape index (κ1) is 13.7. The Hall–Kier alpha value is 0.270. The molecular formula is C14H28N2S. The number of nitrogens with zero attached hydrogens (tertiary/aromatic N) is 1. The Morgan fingerprint density at radius 3 is 2.94 bits per heavy atom. The van der Waals surface area contributed by atoms with Gasteiger partial charge in [0, 0.05) is 36.2 Å². The van der Waals surface area contributed by atoms with Gasteiger partial charge in [0.25, 0.3) is 0 Å². The largest absolute Gasteiger partial charge is 0.329 e. The van der Waals surface area contributed by atoms with Crippen LogP contribution in [0.1, 0.15) is 46.0 Å². The Morgan fingerprint density at radius 1 is 1.47 bits per heavy atom. The van der Waals surface area contributed by atoms with Crippen LogP contribution in [0.3, 0.4) is 0 Å². The van der Waals surface area contributed by atoms with Crippen LogP contribution in [0.2, 0.25) is 0 Å². The summed E-state index contributed by atoms with van der Waals surface area (Å²) in [4.78, 5) is 2.74. The normalized spacial score (nSPS) is 40.4. The van der Waals surface area contributed by atoms with Crippen molar-refractivity contribution in [1.29, 1.82) is 0 Å². The average Bonchev–Trinajstić information content (AvgIpc) is 2.38. The monoisotopic (exact) mass is 256 g/mol. The third-order valence-electron chi connectivity index (χ3n) is 4.71. The third-order valence-corrected chi connectivity index (χ3v) is 6.08. The van der Waals surface area contributed by atoms with E-state index in [1.54, 1.807) is 0 Å². The van der Waals surface area contributed by atoms with Crippen LogP contribution in [0.4, 0.5) is 0 Å². The van der Waals surface area contributed by atoms with Crippen LogP contribution in [-0.4, -0.2) is 41.1 Å². The summed E-state index contributed by atoms with van der Waals surface area (Å²) in [6.07, 6.45) is 6.73. The minimum absolute atomic E-state index is 0.339. The molecule has 1 saturated heterocycles. The topological polar surface area (TPSA) is 29.3 Å². The van der Waals surface area contributed by atoms with Crippen molar-refractivity contribution in [3.63, 3.8) is 0 Å². The van der Waals surface area contributed by atoms with E-state index in [2.05, 4.69) is 30.5 Å². The molecule has 1 aliphatic heterocycles. The highest BCUT2D eigenvalue weighted by Crippen LogP contribution is 2.38. The first-order valence-electron chi connectivity index (χ1n) is 7.27. The lowest BCUT2D eigenvalue weighted by atomic mass is 9.75. The van der Waals surface area contributed by atoms with Crippen molar-refractivity contribution in [2.45, 2.75) is 56.7 Å². The molecule has 2 aliphatic rings. The minimum Gasteiger partial charge on any atom is -0.329 e. The van der Waals surface area contributed by atoms with Gasteiger partial charge in [0.15, 0.2) is 0 Å². The lowest BCUT2D eigenvalue weighted by Crippen LogP contribution is -2.59. The molecule has 2 fully saturated rings. The molecule has 100 valence electrons. The van der Waals surface area contributed by atoms with Gasteiger partial charge in [-0.05, 0) is 25.2 Å². The van der Waals surface area contributed by atoms with Gasteiger partial charge in [0.2, 0.25) is 0 Å². The van der Waals surface area contributed by atoms with Gasteiger partial charge >= 0.3 is 0 Å². The molecule has 2 N–H and O–H groups in total. The SMILES string of the molecule is CCC1CN(C2(CN)CCCC(C)C2)CCS1. The van der Waals surface area contributed by atoms with Crippen molar-refractivity contribution in [3.05, 3.63) is 0 Å². The van der Waals surface area contributed by atoms with Crippen LogP contribution in [0.25, 0.3) is 0 Å². The number of thioether (sulfide) groups is 1. The van der Waals surface area contributed by atoms with E-state index in [1.807, 2.05) is 0 Å². The molecule has 0 spiro atoms. The molecule has 2 nitrogen and oxygen atoms in total. The number of hydrogen-bond acceptors (Lipinski definition) is 3. The standard InChI is InChI=1S/C14H28N2S/c1-3-13-10-16(7-8-17-13)14(11-15)6-4-5-12(2)9-14/h12-13H,3-11,15H2,1-2H3. The second kappa shape index (κ2) is 5.94. The fourth-order valence-electron chi connectivity index (χ4n) is 3.63. The van der Waals surface area contributed by atoms with E-state index in [-0.39, 0.29) is 0 Å². The molecular weight excluding hydrogens is 228 g/mol. The summed E-state index contributed by atoms with van der Waals surface area (Å²) in [5.41, 5.74) is 6.51. The smallest absolute Gasteiger partial charge is 0.0335 e. The van der Waals surface area contributed by atoms with E-state index in [0.717, 1.165) is 17.7 Å². The van der Waals surface area contributed by atoms with Crippen LogP contribution in [0.5, 0.6) is 0 Å². The van der Waals surface area contributed by atoms with Gasteiger partial charge < -0.3 is 5.73 Å². The molecule has 1 aliphatic carbocycles. The van der Waals surface area contributed by atoms with Gasteiger partial charge in [0.05, 0.1) is 0 Å². The minimum atomic E-state index is 0.339. The van der Waals surface area contributed by atoms with Gasteiger partial charge in [-0.25, -0.2) is 0 Å². The first-order valence-corrected chi connectivity index (χ1v) is 8.32. The van der Waals surface area contributed by atoms with E-state index in [9.17, 15) is 0 Å². The first-order chi connectivity index (χ1) is 8.20. The molecule has 3 heteroatoms. The zero-order chi connectivity index (χ0) is 12.3. The van der Waals surface area contributed by atoms with Crippen LogP contribution >= 0.6 is 11.8 Å². The Labute approximate surface area is 111 Å². The predicted molar refractivity (Wildman–Crippen MR) is 77.5 cm³/mol. The Bertz CT molecular complexity index is 246. The van der Waals surface area contributed by atoms with E-state index in [0.29, 0.717) is 5.54 Å². The van der Waals surface area contributed by atoms with E-state index in [1.165, 1.54) is 50.9 Å². The molecule has 1 heterocycles. The highest BCUT2D eigenvalue weighted by Gasteiger charge is 2.40. The Kier molecular flexibility index (Phi) is 4.79. The number of nitrogens with two attached hydrogens (primary N) is 1. The summed E-state index contributed by atoms with van der Waals surface area (Å²) in [5, 5.41) is 0.837. The fourth-order valence-corrected chi connectivity index (χ4v) is 4.81.